The Morgan fingerprint density at radius 3 is 2.80 bits per heavy atom. The van der Waals surface area contributed by atoms with Crippen molar-refractivity contribution in [3.63, 3.8) is 0 Å². The van der Waals surface area contributed by atoms with E-state index in [2.05, 4.69) is 10.0 Å². The van der Waals surface area contributed by atoms with E-state index in [1.54, 1.807) is 0 Å². The Morgan fingerprint density at radius 2 is 2.15 bits per heavy atom. The summed E-state index contributed by atoms with van der Waals surface area (Å²) in [4.78, 5) is -0.397. The smallest absolute Gasteiger partial charge is 0.243 e. The standard InChI is InChI=1S/C12H16ClFN2O2S.ClH/c1-8-6-10(4-5-15-8)16-19(17,18)12-7-9(13)2-3-11(12)14;/h2-3,7-8,10,15-16H,4-6H2,1H3;1H. The molecule has 0 saturated carbocycles. The zero-order chi connectivity index (χ0) is 14.0. The maximum atomic E-state index is 13.6. The molecule has 1 aromatic rings. The van der Waals surface area contributed by atoms with Gasteiger partial charge < -0.3 is 5.32 Å². The van der Waals surface area contributed by atoms with Crippen LogP contribution in [-0.2, 0) is 10.0 Å². The molecule has 4 nitrogen and oxygen atoms in total. The highest BCUT2D eigenvalue weighted by molar-refractivity contribution is 7.89. The second kappa shape index (κ2) is 7.04. The molecule has 0 spiro atoms. The van der Waals surface area contributed by atoms with E-state index in [0.29, 0.717) is 12.8 Å². The van der Waals surface area contributed by atoms with Gasteiger partial charge in [-0.3, -0.25) is 0 Å². The van der Waals surface area contributed by atoms with Crippen LogP contribution in [0, 0.1) is 5.82 Å². The van der Waals surface area contributed by atoms with Crippen molar-refractivity contribution >= 4 is 34.0 Å². The maximum absolute atomic E-state index is 13.6. The summed E-state index contributed by atoms with van der Waals surface area (Å²) in [6, 6.07) is 3.57. The molecule has 2 N–H and O–H groups in total. The second-order valence-corrected chi connectivity index (χ2v) is 6.89. The number of halogens is 3. The van der Waals surface area contributed by atoms with Crippen LogP contribution >= 0.6 is 24.0 Å². The average Bonchev–Trinajstić information content (AvgIpc) is 2.31. The normalized spacial score (nSPS) is 23.1. The minimum absolute atomic E-state index is 0. The number of hydrogen-bond acceptors (Lipinski definition) is 3. The minimum Gasteiger partial charge on any atom is -0.314 e. The molecule has 20 heavy (non-hydrogen) atoms. The highest BCUT2D eigenvalue weighted by atomic mass is 35.5. The number of nitrogens with one attached hydrogen (secondary N) is 2. The van der Waals surface area contributed by atoms with E-state index in [0.717, 1.165) is 18.7 Å². The molecule has 0 bridgehead atoms. The monoisotopic (exact) mass is 342 g/mol. The molecule has 1 aliphatic heterocycles. The van der Waals surface area contributed by atoms with Crippen LogP contribution in [0.25, 0.3) is 0 Å². The third-order valence-corrected chi connectivity index (χ3v) is 4.90. The predicted octanol–water partition coefficient (Wildman–Crippen LogP) is 2.32. The van der Waals surface area contributed by atoms with Gasteiger partial charge in [0.1, 0.15) is 10.7 Å². The van der Waals surface area contributed by atoms with Crippen molar-refractivity contribution in [2.45, 2.75) is 36.7 Å². The van der Waals surface area contributed by atoms with Gasteiger partial charge in [0.2, 0.25) is 10.0 Å². The zero-order valence-electron chi connectivity index (χ0n) is 10.9. The van der Waals surface area contributed by atoms with Crippen molar-refractivity contribution in [3.8, 4) is 0 Å². The van der Waals surface area contributed by atoms with Crippen molar-refractivity contribution in [1.82, 2.24) is 10.0 Å². The minimum atomic E-state index is -3.87. The summed E-state index contributed by atoms with van der Waals surface area (Å²) in [5.74, 6) is -0.793. The highest BCUT2D eigenvalue weighted by Gasteiger charge is 2.26. The fourth-order valence-electron chi connectivity index (χ4n) is 2.20. The van der Waals surface area contributed by atoms with Gasteiger partial charge in [0, 0.05) is 17.1 Å². The summed E-state index contributed by atoms with van der Waals surface area (Å²) in [7, 11) is -3.87. The average molecular weight is 343 g/mol. The van der Waals surface area contributed by atoms with Crippen molar-refractivity contribution in [1.29, 1.82) is 0 Å². The molecule has 2 atom stereocenters. The lowest BCUT2D eigenvalue weighted by atomic mass is 10.0. The van der Waals surface area contributed by atoms with Crippen LogP contribution in [0.4, 0.5) is 4.39 Å². The van der Waals surface area contributed by atoms with E-state index in [1.807, 2.05) is 6.92 Å². The van der Waals surface area contributed by atoms with Crippen LogP contribution in [0.5, 0.6) is 0 Å². The van der Waals surface area contributed by atoms with Crippen LogP contribution in [-0.4, -0.2) is 27.0 Å². The molecule has 0 aromatic heterocycles. The molecule has 0 amide bonds. The van der Waals surface area contributed by atoms with Gasteiger partial charge in [-0.1, -0.05) is 11.6 Å². The van der Waals surface area contributed by atoms with E-state index in [9.17, 15) is 12.8 Å². The van der Waals surface area contributed by atoms with Gasteiger partial charge in [-0.05, 0) is 44.5 Å². The Kier molecular flexibility index (Phi) is 6.22. The summed E-state index contributed by atoms with van der Waals surface area (Å²) in [6.07, 6.45) is 1.37. The summed E-state index contributed by atoms with van der Waals surface area (Å²) in [6.45, 7) is 2.73. The largest absolute Gasteiger partial charge is 0.314 e. The van der Waals surface area contributed by atoms with Gasteiger partial charge in [0.25, 0.3) is 0 Å². The lowest BCUT2D eigenvalue weighted by molar-refractivity contribution is 0.361. The van der Waals surface area contributed by atoms with Crippen molar-refractivity contribution < 1.29 is 12.8 Å². The first-order chi connectivity index (χ1) is 8.88. The Balaban J connectivity index is 0.00000200. The van der Waals surface area contributed by atoms with Crippen LogP contribution in [0.1, 0.15) is 19.8 Å². The molecule has 1 heterocycles. The van der Waals surface area contributed by atoms with Gasteiger partial charge in [-0.15, -0.1) is 12.4 Å². The number of hydrogen-bond donors (Lipinski definition) is 2. The third kappa shape index (κ3) is 4.30. The van der Waals surface area contributed by atoms with Gasteiger partial charge in [0.05, 0.1) is 0 Å². The SMILES string of the molecule is CC1CC(NS(=O)(=O)c2cc(Cl)ccc2F)CCN1.Cl. The van der Waals surface area contributed by atoms with Gasteiger partial charge in [-0.2, -0.15) is 0 Å². The Labute approximate surface area is 129 Å². The fourth-order valence-corrected chi connectivity index (χ4v) is 3.83. The zero-order valence-corrected chi connectivity index (χ0v) is 13.3. The van der Waals surface area contributed by atoms with Crippen LogP contribution in [0.3, 0.4) is 0 Å². The second-order valence-electron chi connectivity index (χ2n) is 4.77. The van der Waals surface area contributed by atoms with Crippen LogP contribution in [0.15, 0.2) is 23.1 Å². The Hall–Kier alpha value is -0.400. The molecule has 2 rings (SSSR count). The molecule has 1 aliphatic rings. The number of piperidine rings is 1. The van der Waals surface area contributed by atoms with E-state index >= 15 is 0 Å². The summed E-state index contributed by atoms with van der Waals surface area (Å²) in [5, 5.41) is 3.42. The first-order valence-electron chi connectivity index (χ1n) is 6.09. The molecule has 0 aliphatic carbocycles. The van der Waals surface area contributed by atoms with Crippen LogP contribution < -0.4 is 10.0 Å². The summed E-state index contributed by atoms with van der Waals surface area (Å²) < 4.78 is 40.4. The van der Waals surface area contributed by atoms with Crippen molar-refractivity contribution in [2.24, 2.45) is 0 Å². The number of rotatable bonds is 3. The van der Waals surface area contributed by atoms with E-state index in [1.165, 1.54) is 6.07 Å². The summed E-state index contributed by atoms with van der Waals surface area (Å²) in [5.41, 5.74) is 0. The molecule has 2 unspecified atom stereocenters. The number of benzene rings is 1. The molecule has 114 valence electrons. The maximum Gasteiger partial charge on any atom is 0.243 e. The lowest BCUT2D eigenvalue weighted by Gasteiger charge is -2.28. The molecular formula is C12H17Cl2FN2O2S. The van der Waals surface area contributed by atoms with Crippen LogP contribution in [0.2, 0.25) is 5.02 Å². The highest BCUT2D eigenvalue weighted by Crippen LogP contribution is 2.21. The Bertz CT molecular complexity index is 569. The number of sulfonamides is 1. The van der Waals surface area contributed by atoms with E-state index < -0.39 is 20.7 Å². The van der Waals surface area contributed by atoms with Crippen molar-refractivity contribution in [2.75, 3.05) is 6.54 Å². The molecule has 0 radical (unpaired) electrons. The third-order valence-electron chi connectivity index (χ3n) is 3.13. The first kappa shape index (κ1) is 17.7. The Morgan fingerprint density at radius 1 is 1.45 bits per heavy atom. The lowest BCUT2D eigenvalue weighted by Crippen LogP contribution is -2.46. The molecular weight excluding hydrogens is 326 g/mol. The van der Waals surface area contributed by atoms with Gasteiger partial charge in [0.15, 0.2) is 0 Å². The molecule has 1 fully saturated rings. The molecule has 8 heteroatoms. The quantitative estimate of drug-likeness (QED) is 0.886. The van der Waals surface area contributed by atoms with Gasteiger partial charge >= 0.3 is 0 Å². The topological polar surface area (TPSA) is 58.2 Å². The van der Waals surface area contributed by atoms with Crippen molar-refractivity contribution in [3.05, 3.63) is 29.0 Å². The van der Waals surface area contributed by atoms with E-state index in [4.69, 9.17) is 11.6 Å². The molecule has 1 aromatic carbocycles. The summed E-state index contributed by atoms with van der Waals surface area (Å²) >= 11 is 5.72. The molecule has 1 saturated heterocycles. The first-order valence-corrected chi connectivity index (χ1v) is 7.95. The van der Waals surface area contributed by atoms with E-state index in [-0.39, 0.29) is 29.5 Å². The predicted molar refractivity (Wildman–Crippen MR) is 79.5 cm³/mol. The van der Waals surface area contributed by atoms with Gasteiger partial charge in [-0.25, -0.2) is 17.5 Å². The fraction of sp³-hybridized carbons (Fsp3) is 0.500.